The predicted octanol–water partition coefficient (Wildman–Crippen LogP) is 2.95. The van der Waals surface area contributed by atoms with Crippen LogP contribution in [-0.2, 0) is 4.79 Å². The Morgan fingerprint density at radius 3 is 2.65 bits per heavy atom. The van der Waals surface area contributed by atoms with Crippen molar-refractivity contribution in [3.05, 3.63) is 29.3 Å². The van der Waals surface area contributed by atoms with Crippen molar-refractivity contribution < 1.29 is 13.6 Å². The Hall–Kier alpha value is -0.560. The topological polar surface area (TPSA) is 55.1 Å². The van der Waals surface area contributed by atoms with Crippen molar-refractivity contribution in [1.82, 2.24) is 5.32 Å². The average Bonchev–Trinajstić information content (AvgIpc) is 2.39. The monoisotopic (exact) mass is 344 g/mol. The van der Waals surface area contributed by atoms with Gasteiger partial charge in [0, 0.05) is 17.1 Å². The molecular formula is C12H16Cl2F2N2OS. The number of benzene rings is 1. The molecule has 0 spiro atoms. The van der Waals surface area contributed by atoms with Crippen LogP contribution < -0.4 is 11.1 Å². The van der Waals surface area contributed by atoms with Crippen LogP contribution in [0.5, 0.6) is 0 Å². The number of carbonyl (C=O) groups excluding carboxylic acids is 1. The smallest absolute Gasteiger partial charge is 0.277 e. The summed E-state index contributed by atoms with van der Waals surface area (Å²) in [5.74, 6) is -3.00. The molecular weight excluding hydrogens is 329 g/mol. The van der Waals surface area contributed by atoms with Crippen LogP contribution in [0.15, 0.2) is 29.2 Å². The second kappa shape index (κ2) is 9.39. The van der Waals surface area contributed by atoms with Gasteiger partial charge in [-0.2, -0.15) is 0 Å². The second-order valence-corrected chi connectivity index (χ2v) is 5.41. The van der Waals surface area contributed by atoms with Crippen LogP contribution in [0.1, 0.15) is 6.42 Å². The molecule has 0 heterocycles. The molecule has 1 aromatic rings. The first-order chi connectivity index (χ1) is 8.94. The lowest BCUT2D eigenvalue weighted by Gasteiger charge is -2.14. The summed E-state index contributed by atoms with van der Waals surface area (Å²) in [7, 11) is 0. The fourth-order valence-electron chi connectivity index (χ4n) is 1.20. The minimum absolute atomic E-state index is 0. The van der Waals surface area contributed by atoms with Crippen LogP contribution in [0.2, 0.25) is 5.02 Å². The number of thioether (sulfide) groups is 1. The van der Waals surface area contributed by atoms with Crippen molar-refractivity contribution in [3.8, 4) is 0 Å². The van der Waals surface area contributed by atoms with Crippen molar-refractivity contribution in [2.45, 2.75) is 17.2 Å². The van der Waals surface area contributed by atoms with Crippen molar-refractivity contribution >= 4 is 41.7 Å². The Kier molecular flexibility index (Phi) is 9.13. The molecule has 20 heavy (non-hydrogen) atoms. The highest BCUT2D eigenvalue weighted by molar-refractivity contribution is 7.99. The van der Waals surface area contributed by atoms with Crippen LogP contribution >= 0.6 is 35.8 Å². The second-order valence-electron chi connectivity index (χ2n) is 3.87. The molecule has 1 amide bonds. The molecule has 3 nitrogen and oxygen atoms in total. The molecule has 0 unspecified atom stereocenters. The Morgan fingerprint density at radius 2 is 2.05 bits per heavy atom. The number of nitrogens with one attached hydrogen (secondary N) is 1. The lowest BCUT2D eigenvalue weighted by atomic mass is 10.3. The standard InChI is InChI=1S/C12H15ClF2N2OS.ClH/c13-9-3-1-2-4-10(9)19-6-5-11(18)17-8-12(14,15)7-16;/h1-4H,5-8,16H2,(H,17,18);1H. The molecule has 0 aliphatic rings. The molecule has 0 saturated heterocycles. The largest absolute Gasteiger partial charge is 0.350 e. The fourth-order valence-corrected chi connectivity index (χ4v) is 2.39. The third-order valence-electron chi connectivity index (χ3n) is 2.27. The summed E-state index contributed by atoms with van der Waals surface area (Å²) in [5.41, 5.74) is 4.87. The van der Waals surface area contributed by atoms with E-state index in [-0.39, 0.29) is 18.8 Å². The maximum atomic E-state index is 12.8. The third-order valence-corrected chi connectivity index (χ3v) is 3.78. The van der Waals surface area contributed by atoms with E-state index in [1.54, 1.807) is 6.07 Å². The number of amides is 1. The Labute approximate surface area is 132 Å². The van der Waals surface area contributed by atoms with Gasteiger partial charge in [0.05, 0.1) is 18.1 Å². The molecule has 0 saturated carbocycles. The van der Waals surface area contributed by atoms with Crippen LogP contribution in [0, 0.1) is 0 Å². The van der Waals surface area contributed by atoms with E-state index in [9.17, 15) is 13.6 Å². The number of halogens is 4. The number of hydrogen-bond donors (Lipinski definition) is 2. The number of hydrogen-bond acceptors (Lipinski definition) is 3. The number of carbonyl (C=O) groups is 1. The molecule has 0 aliphatic heterocycles. The summed E-state index contributed by atoms with van der Waals surface area (Å²) in [6, 6.07) is 7.25. The zero-order chi connectivity index (χ0) is 14.3. The van der Waals surface area contributed by atoms with Crippen molar-refractivity contribution in [2.75, 3.05) is 18.8 Å². The maximum Gasteiger partial charge on any atom is 0.277 e. The summed E-state index contributed by atoms with van der Waals surface area (Å²) in [4.78, 5) is 12.2. The summed E-state index contributed by atoms with van der Waals surface area (Å²) in [5, 5.41) is 2.77. The van der Waals surface area contributed by atoms with Gasteiger partial charge in [0.25, 0.3) is 5.92 Å². The van der Waals surface area contributed by atoms with Gasteiger partial charge in [-0.1, -0.05) is 23.7 Å². The first-order valence-electron chi connectivity index (χ1n) is 5.66. The third kappa shape index (κ3) is 7.28. The van der Waals surface area contributed by atoms with E-state index >= 15 is 0 Å². The van der Waals surface area contributed by atoms with Gasteiger partial charge in [0.1, 0.15) is 0 Å². The summed E-state index contributed by atoms with van der Waals surface area (Å²) >= 11 is 7.35. The van der Waals surface area contributed by atoms with Gasteiger partial charge in [-0.3, -0.25) is 4.79 Å². The van der Waals surface area contributed by atoms with Gasteiger partial charge in [0.2, 0.25) is 5.91 Å². The van der Waals surface area contributed by atoms with Crippen LogP contribution in [0.25, 0.3) is 0 Å². The summed E-state index contributed by atoms with van der Waals surface area (Å²) < 4.78 is 25.6. The molecule has 1 aromatic carbocycles. The first-order valence-corrected chi connectivity index (χ1v) is 7.03. The molecule has 0 fully saturated rings. The number of alkyl halides is 2. The average molecular weight is 345 g/mol. The quantitative estimate of drug-likeness (QED) is 0.747. The molecule has 0 bridgehead atoms. The van der Waals surface area contributed by atoms with E-state index in [2.05, 4.69) is 5.32 Å². The highest BCUT2D eigenvalue weighted by atomic mass is 35.5. The van der Waals surface area contributed by atoms with Gasteiger partial charge >= 0.3 is 0 Å². The molecule has 0 atom stereocenters. The van der Waals surface area contributed by atoms with Gasteiger partial charge in [-0.15, -0.1) is 24.2 Å². The molecule has 0 radical (unpaired) electrons. The van der Waals surface area contributed by atoms with E-state index < -0.39 is 24.9 Å². The van der Waals surface area contributed by atoms with Crippen LogP contribution in [0.4, 0.5) is 8.78 Å². The first kappa shape index (κ1) is 19.4. The van der Waals surface area contributed by atoms with Gasteiger partial charge in [0.15, 0.2) is 0 Å². The fraction of sp³-hybridized carbons (Fsp3) is 0.417. The lowest BCUT2D eigenvalue weighted by molar-refractivity contribution is -0.122. The number of nitrogens with two attached hydrogens (primary N) is 1. The van der Waals surface area contributed by atoms with E-state index in [1.807, 2.05) is 18.2 Å². The van der Waals surface area contributed by atoms with E-state index in [0.29, 0.717) is 10.8 Å². The van der Waals surface area contributed by atoms with Gasteiger partial charge in [-0.05, 0) is 12.1 Å². The van der Waals surface area contributed by atoms with Crippen molar-refractivity contribution in [2.24, 2.45) is 5.73 Å². The zero-order valence-corrected chi connectivity index (χ0v) is 13.0. The Bertz CT molecular complexity index is 436. The molecule has 1 rings (SSSR count). The van der Waals surface area contributed by atoms with Gasteiger partial charge in [-0.25, -0.2) is 8.78 Å². The highest BCUT2D eigenvalue weighted by Gasteiger charge is 2.26. The lowest BCUT2D eigenvalue weighted by Crippen LogP contribution is -2.41. The van der Waals surface area contributed by atoms with Crippen LogP contribution in [-0.4, -0.2) is 30.7 Å². The van der Waals surface area contributed by atoms with E-state index in [0.717, 1.165) is 4.90 Å². The Morgan fingerprint density at radius 1 is 1.40 bits per heavy atom. The Balaban J connectivity index is 0.00000361. The summed E-state index contributed by atoms with van der Waals surface area (Å²) in [6.07, 6.45) is 0.149. The molecule has 0 aromatic heterocycles. The zero-order valence-electron chi connectivity index (χ0n) is 10.6. The maximum absolute atomic E-state index is 12.8. The molecule has 114 valence electrons. The van der Waals surface area contributed by atoms with Crippen LogP contribution in [0.3, 0.4) is 0 Å². The van der Waals surface area contributed by atoms with E-state index in [1.165, 1.54) is 11.8 Å². The van der Waals surface area contributed by atoms with Crippen molar-refractivity contribution in [3.63, 3.8) is 0 Å². The highest BCUT2D eigenvalue weighted by Crippen LogP contribution is 2.26. The summed E-state index contributed by atoms with van der Waals surface area (Å²) in [6.45, 7) is -1.50. The molecule has 0 aliphatic carbocycles. The van der Waals surface area contributed by atoms with Crippen molar-refractivity contribution in [1.29, 1.82) is 0 Å². The SMILES string of the molecule is Cl.NCC(F)(F)CNC(=O)CCSc1ccccc1Cl. The molecule has 3 N–H and O–H groups in total. The minimum atomic E-state index is -3.05. The molecule has 8 heteroatoms. The minimum Gasteiger partial charge on any atom is -0.350 e. The number of rotatable bonds is 7. The predicted molar refractivity (Wildman–Crippen MR) is 81.1 cm³/mol. The normalized spacial score (nSPS) is 10.8. The van der Waals surface area contributed by atoms with E-state index in [4.69, 9.17) is 17.3 Å². The van der Waals surface area contributed by atoms with Gasteiger partial charge < -0.3 is 11.1 Å².